The van der Waals surface area contributed by atoms with Crippen LogP contribution >= 0.6 is 15.9 Å². The number of aryl methyl sites for hydroxylation is 1. The third-order valence-electron chi connectivity index (χ3n) is 5.47. The van der Waals surface area contributed by atoms with Gasteiger partial charge < -0.3 is 10.1 Å². The van der Waals surface area contributed by atoms with Crippen LogP contribution in [0.1, 0.15) is 37.4 Å². The zero-order valence-corrected chi connectivity index (χ0v) is 22.1. The fourth-order valence-corrected chi connectivity index (χ4v) is 3.86. The third kappa shape index (κ3) is 7.47. The summed E-state index contributed by atoms with van der Waals surface area (Å²) in [6.45, 7) is 1.94. The Bertz CT molecular complexity index is 1470. The molecule has 190 valence electrons. The fourth-order valence-electron chi connectivity index (χ4n) is 3.48. The summed E-state index contributed by atoms with van der Waals surface area (Å²) >= 11 is 3.40. The third-order valence-corrected chi connectivity index (χ3v) is 5.96. The molecule has 7 nitrogen and oxygen atoms in total. The number of hydrogen-bond acceptors (Lipinski definition) is 5. The van der Waals surface area contributed by atoms with Crippen LogP contribution in [0.25, 0.3) is 0 Å². The Labute approximate surface area is 228 Å². The summed E-state index contributed by atoms with van der Waals surface area (Å²) < 4.78 is 6.31. The molecule has 0 unspecified atom stereocenters. The maximum atomic E-state index is 12.5. The summed E-state index contributed by atoms with van der Waals surface area (Å²) in [4.78, 5) is 37.3. The van der Waals surface area contributed by atoms with Crippen LogP contribution < -0.4 is 15.5 Å². The summed E-state index contributed by atoms with van der Waals surface area (Å²) in [6.07, 6.45) is 1.66. The number of amides is 2. The van der Waals surface area contributed by atoms with Crippen molar-refractivity contribution in [1.29, 1.82) is 0 Å². The fraction of sp³-hybridized carbons (Fsp3) is 0.0667. The van der Waals surface area contributed by atoms with Crippen molar-refractivity contribution >= 4 is 45.6 Å². The molecule has 0 aliphatic rings. The van der Waals surface area contributed by atoms with Crippen molar-refractivity contribution in [3.05, 3.63) is 129 Å². The topological polar surface area (TPSA) is 96.9 Å². The molecule has 4 aromatic carbocycles. The normalized spacial score (nSPS) is 10.7. The monoisotopic (exact) mass is 569 g/mol. The molecule has 4 aromatic rings. The number of carbonyl (C=O) groups is 3. The number of nitrogens with one attached hydrogen (secondary N) is 2. The van der Waals surface area contributed by atoms with E-state index in [1.54, 1.807) is 54.6 Å². The highest BCUT2D eigenvalue weighted by molar-refractivity contribution is 9.10. The summed E-state index contributed by atoms with van der Waals surface area (Å²) in [6, 6.07) is 28.1. The zero-order valence-electron chi connectivity index (χ0n) is 20.5. The summed E-state index contributed by atoms with van der Waals surface area (Å²) in [5, 5.41) is 6.84. The second-order valence-electron chi connectivity index (χ2n) is 8.42. The van der Waals surface area contributed by atoms with Crippen molar-refractivity contribution in [2.24, 2.45) is 5.10 Å². The predicted molar refractivity (Wildman–Crippen MR) is 151 cm³/mol. The first-order valence-corrected chi connectivity index (χ1v) is 12.5. The van der Waals surface area contributed by atoms with Gasteiger partial charge in [0.2, 0.25) is 5.91 Å². The van der Waals surface area contributed by atoms with Gasteiger partial charge in [-0.3, -0.25) is 9.59 Å². The van der Waals surface area contributed by atoms with E-state index in [1.807, 2.05) is 49.4 Å². The zero-order chi connectivity index (χ0) is 26.9. The first-order valence-electron chi connectivity index (χ1n) is 11.7. The number of nitrogens with zero attached hydrogens (tertiary/aromatic N) is 1. The lowest BCUT2D eigenvalue weighted by atomic mass is 10.1. The average molecular weight is 570 g/mol. The van der Waals surface area contributed by atoms with Crippen molar-refractivity contribution in [2.45, 2.75) is 13.3 Å². The van der Waals surface area contributed by atoms with Crippen LogP contribution in [0.4, 0.5) is 5.69 Å². The number of anilines is 1. The van der Waals surface area contributed by atoms with Gasteiger partial charge in [-0.15, -0.1) is 0 Å². The molecule has 8 heteroatoms. The molecule has 0 aliphatic carbocycles. The molecule has 38 heavy (non-hydrogen) atoms. The SMILES string of the molecule is Cc1ccc(C(=O)Oc2ccc(Br)cc2/C=N\NC(=O)c2ccc(NC(=O)Cc3ccccc3)cc2)cc1. The van der Waals surface area contributed by atoms with Gasteiger partial charge >= 0.3 is 5.97 Å². The number of benzene rings is 4. The molecular weight excluding hydrogens is 546 g/mol. The second kappa shape index (κ2) is 12.6. The number of carbonyl (C=O) groups excluding carboxylic acids is 3. The largest absolute Gasteiger partial charge is 0.422 e. The first kappa shape index (κ1) is 26.5. The highest BCUT2D eigenvalue weighted by Crippen LogP contribution is 2.23. The lowest BCUT2D eigenvalue weighted by molar-refractivity contribution is -0.115. The molecule has 0 saturated heterocycles. The Kier molecular flexibility index (Phi) is 8.79. The van der Waals surface area contributed by atoms with Crippen LogP contribution in [0.5, 0.6) is 5.75 Å². The molecule has 0 fully saturated rings. The average Bonchev–Trinajstić information content (AvgIpc) is 2.91. The Morgan fingerprint density at radius 3 is 2.26 bits per heavy atom. The van der Waals surface area contributed by atoms with E-state index in [9.17, 15) is 14.4 Å². The maximum Gasteiger partial charge on any atom is 0.343 e. The Hall–Kier alpha value is -4.56. The van der Waals surface area contributed by atoms with Crippen LogP contribution in [-0.4, -0.2) is 24.0 Å². The standard InChI is InChI=1S/C30H24BrN3O4/c1-20-7-9-23(10-8-20)30(37)38-27-16-13-25(31)18-24(27)19-32-34-29(36)22-11-14-26(15-12-22)33-28(35)17-21-5-3-2-4-6-21/h2-16,18-19H,17H2,1H3,(H,33,35)(H,34,36)/b32-19-. The van der Waals surface area contributed by atoms with Gasteiger partial charge in [-0.1, -0.05) is 64.0 Å². The van der Waals surface area contributed by atoms with Crippen LogP contribution in [0.15, 0.2) is 107 Å². The number of esters is 1. The van der Waals surface area contributed by atoms with Crippen molar-refractivity contribution in [1.82, 2.24) is 5.43 Å². The van der Waals surface area contributed by atoms with Crippen molar-refractivity contribution in [2.75, 3.05) is 5.32 Å². The molecule has 0 bridgehead atoms. The number of halogens is 1. The van der Waals surface area contributed by atoms with Gasteiger partial charge in [-0.05, 0) is 67.1 Å². The van der Waals surface area contributed by atoms with Crippen molar-refractivity contribution in [3.8, 4) is 5.75 Å². The molecule has 0 radical (unpaired) electrons. The maximum absolute atomic E-state index is 12.5. The molecule has 2 N–H and O–H groups in total. The van der Waals surface area contributed by atoms with Gasteiger partial charge in [0, 0.05) is 21.3 Å². The molecule has 0 heterocycles. The van der Waals surface area contributed by atoms with Gasteiger partial charge in [0.05, 0.1) is 18.2 Å². The van der Waals surface area contributed by atoms with Crippen LogP contribution in [-0.2, 0) is 11.2 Å². The molecule has 4 rings (SSSR count). The van der Waals surface area contributed by atoms with Crippen LogP contribution in [0.2, 0.25) is 0 Å². The van der Waals surface area contributed by atoms with Crippen LogP contribution in [0.3, 0.4) is 0 Å². The first-order chi connectivity index (χ1) is 18.4. The van der Waals surface area contributed by atoms with Gasteiger partial charge in [0.1, 0.15) is 5.75 Å². The Morgan fingerprint density at radius 2 is 1.55 bits per heavy atom. The highest BCUT2D eigenvalue weighted by Gasteiger charge is 2.12. The molecule has 0 saturated carbocycles. The van der Waals surface area contributed by atoms with Gasteiger partial charge in [0.25, 0.3) is 5.91 Å². The highest BCUT2D eigenvalue weighted by atomic mass is 79.9. The van der Waals surface area contributed by atoms with Crippen molar-refractivity contribution < 1.29 is 19.1 Å². The van der Waals surface area contributed by atoms with E-state index in [0.717, 1.165) is 15.6 Å². The minimum atomic E-state index is -0.498. The summed E-state index contributed by atoms with van der Waals surface area (Å²) in [5.41, 5.74) is 6.29. The quantitative estimate of drug-likeness (QED) is 0.119. The Morgan fingerprint density at radius 1 is 0.868 bits per heavy atom. The second-order valence-corrected chi connectivity index (χ2v) is 9.34. The summed E-state index contributed by atoms with van der Waals surface area (Å²) in [7, 11) is 0. The molecule has 0 spiro atoms. The van der Waals surface area contributed by atoms with Gasteiger partial charge in [-0.2, -0.15) is 5.10 Å². The molecular formula is C30H24BrN3O4. The van der Waals surface area contributed by atoms with E-state index >= 15 is 0 Å². The van der Waals surface area contributed by atoms with E-state index < -0.39 is 11.9 Å². The smallest absolute Gasteiger partial charge is 0.343 e. The molecule has 0 aromatic heterocycles. The van der Waals surface area contributed by atoms with Crippen molar-refractivity contribution in [3.63, 3.8) is 0 Å². The van der Waals surface area contributed by atoms with E-state index in [0.29, 0.717) is 28.1 Å². The van der Waals surface area contributed by atoms with Crippen LogP contribution in [0, 0.1) is 6.92 Å². The van der Waals surface area contributed by atoms with E-state index in [1.165, 1.54) is 6.21 Å². The number of hydrazone groups is 1. The Balaban J connectivity index is 1.35. The number of hydrogen-bond donors (Lipinski definition) is 2. The minimum absolute atomic E-state index is 0.147. The molecule has 0 aliphatic heterocycles. The molecule has 0 atom stereocenters. The lowest BCUT2D eigenvalue weighted by Crippen LogP contribution is -2.18. The van der Waals surface area contributed by atoms with Gasteiger partial charge in [0.15, 0.2) is 0 Å². The predicted octanol–water partition coefficient (Wildman–Crippen LogP) is 5.92. The number of rotatable bonds is 8. The minimum Gasteiger partial charge on any atom is -0.422 e. The lowest BCUT2D eigenvalue weighted by Gasteiger charge is -2.08. The number of ether oxygens (including phenoxy) is 1. The van der Waals surface area contributed by atoms with E-state index in [4.69, 9.17) is 4.74 Å². The molecule has 2 amide bonds. The van der Waals surface area contributed by atoms with Gasteiger partial charge in [-0.25, -0.2) is 10.2 Å². The van der Waals surface area contributed by atoms with E-state index in [-0.39, 0.29) is 12.3 Å². The van der Waals surface area contributed by atoms with E-state index in [2.05, 4.69) is 31.8 Å². The summed E-state index contributed by atoms with van der Waals surface area (Å²) in [5.74, 6) is -0.781.